The topological polar surface area (TPSA) is 57.6 Å². The van der Waals surface area contributed by atoms with Crippen LogP contribution in [0.3, 0.4) is 0 Å². The van der Waals surface area contributed by atoms with Crippen molar-refractivity contribution in [2.45, 2.75) is 6.42 Å². The fourth-order valence-corrected chi connectivity index (χ4v) is 2.47. The summed E-state index contributed by atoms with van der Waals surface area (Å²) in [6.07, 6.45) is 0.478. The zero-order valence-corrected chi connectivity index (χ0v) is 12.1. The van der Waals surface area contributed by atoms with Crippen molar-refractivity contribution >= 4 is 47.5 Å². The van der Waals surface area contributed by atoms with Gasteiger partial charge in [-0.2, -0.15) is 0 Å². The molecule has 1 aromatic carbocycles. The molecule has 1 aliphatic rings. The Bertz CT molecular complexity index is 507. The van der Waals surface area contributed by atoms with Gasteiger partial charge in [-0.15, -0.1) is 12.4 Å². The second-order valence-electron chi connectivity index (χ2n) is 4.20. The third-order valence-corrected chi connectivity index (χ3v) is 3.53. The Morgan fingerprint density at radius 2 is 2.00 bits per heavy atom. The number of rotatable bonds is 2. The van der Waals surface area contributed by atoms with E-state index in [1.165, 1.54) is 11.0 Å². The fourth-order valence-electron chi connectivity index (χ4n) is 1.98. The molecule has 7 heteroatoms. The highest BCUT2D eigenvalue weighted by atomic mass is 35.5. The summed E-state index contributed by atoms with van der Waals surface area (Å²) in [7, 11) is 0. The molecule has 1 aromatic rings. The van der Waals surface area contributed by atoms with Crippen LogP contribution in [0.4, 0.5) is 0 Å². The molecule has 1 N–H and O–H groups in total. The first-order valence-electron chi connectivity index (χ1n) is 5.46. The van der Waals surface area contributed by atoms with Gasteiger partial charge in [-0.1, -0.05) is 23.2 Å². The third kappa shape index (κ3) is 3.53. The van der Waals surface area contributed by atoms with Gasteiger partial charge in [0.2, 0.25) is 0 Å². The van der Waals surface area contributed by atoms with Crippen molar-refractivity contribution in [1.82, 2.24) is 4.90 Å². The first kappa shape index (κ1) is 16.1. The second-order valence-corrected chi connectivity index (χ2v) is 5.04. The van der Waals surface area contributed by atoms with Crippen LogP contribution < -0.4 is 0 Å². The number of amides is 1. The average molecular weight is 325 g/mol. The SMILES string of the molecule is Cl.O=C(O)C1CCN(C(=O)c2ccc(Cl)cc2Cl)C1. The Labute approximate surface area is 126 Å². The maximum Gasteiger partial charge on any atom is 0.308 e. The predicted octanol–water partition coefficient (Wildman–Crippen LogP) is 2.96. The number of hydrogen-bond donors (Lipinski definition) is 1. The van der Waals surface area contributed by atoms with Crippen LogP contribution in [0.1, 0.15) is 16.8 Å². The number of carboxylic acid groups (broad SMARTS) is 1. The smallest absolute Gasteiger partial charge is 0.308 e. The van der Waals surface area contributed by atoms with E-state index in [2.05, 4.69) is 0 Å². The van der Waals surface area contributed by atoms with Crippen molar-refractivity contribution in [2.75, 3.05) is 13.1 Å². The Hall–Kier alpha value is -0.970. The summed E-state index contributed by atoms with van der Waals surface area (Å²) in [5.41, 5.74) is 0.354. The van der Waals surface area contributed by atoms with Gasteiger partial charge in [-0.05, 0) is 24.6 Å². The number of benzene rings is 1. The highest BCUT2D eigenvalue weighted by molar-refractivity contribution is 6.36. The van der Waals surface area contributed by atoms with Crippen LogP contribution in [-0.2, 0) is 4.79 Å². The molecule has 0 aromatic heterocycles. The highest BCUT2D eigenvalue weighted by Gasteiger charge is 2.31. The molecule has 1 heterocycles. The van der Waals surface area contributed by atoms with E-state index in [0.717, 1.165) is 0 Å². The number of carbonyl (C=O) groups is 2. The monoisotopic (exact) mass is 323 g/mol. The summed E-state index contributed by atoms with van der Waals surface area (Å²) >= 11 is 11.7. The van der Waals surface area contributed by atoms with Crippen LogP contribution >= 0.6 is 35.6 Å². The highest BCUT2D eigenvalue weighted by Crippen LogP contribution is 2.25. The zero-order chi connectivity index (χ0) is 13.3. The van der Waals surface area contributed by atoms with Gasteiger partial charge in [0.25, 0.3) is 5.91 Å². The lowest BCUT2D eigenvalue weighted by molar-refractivity contribution is -0.141. The Morgan fingerprint density at radius 3 is 2.53 bits per heavy atom. The first-order chi connectivity index (χ1) is 8.49. The molecule has 1 unspecified atom stereocenters. The van der Waals surface area contributed by atoms with Crippen molar-refractivity contribution in [2.24, 2.45) is 5.92 Å². The van der Waals surface area contributed by atoms with Crippen LogP contribution in [0.25, 0.3) is 0 Å². The molecule has 2 rings (SSSR count). The summed E-state index contributed by atoms with van der Waals surface area (Å²) in [5, 5.41) is 9.64. The number of nitrogens with zero attached hydrogens (tertiary/aromatic N) is 1. The molecule has 0 aliphatic carbocycles. The van der Waals surface area contributed by atoms with Crippen molar-refractivity contribution in [3.8, 4) is 0 Å². The van der Waals surface area contributed by atoms with E-state index in [-0.39, 0.29) is 29.9 Å². The van der Waals surface area contributed by atoms with Gasteiger partial charge in [0.1, 0.15) is 0 Å². The fraction of sp³-hybridized carbons (Fsp3) is 0.333. The quantitative estimate of drug-likeness (QED) is 0.910. The number of hydrogen-bond acceptors (Lipinski definition) is 2. The minimum absolute atomic E-state index is 0. The minimum atomic E-state index is -0.868. The molecular weight excluding hydrogens is 312 g/mol. The lowest BCUT2D eigenvalue weighted by atomic mass is 10.1. The molecule has 0 spiro atoms. The summed E-state index contributed by atoms with van der Waals surface area (Å²) in [5.74, 6) is -1.60. The Balaban J connectivity index is 0.00000180. The van der Waals surface area contributed by atoms with Gasteiger partial charge in [0.15, 0.2) is 0 Å². The summed E-state index contributed by atoms with van der Waals surface area (Å²) < 4.78 is 0. The summed E-state index contributed by atoms with van der Waals surface area (Å²) in [6.45, 7) is 0.669. The van der Waals surface area contributed by atoms with Gasteiger partial charge >= 0.3 is 5.97 Å². The molecule has 1 aliphatic heterocycles. The van der Waals surface area contributed by atoms with Gasteiger partial charge in [0.05, 0.1) is 16.5 Å². The van der Waals surface area contributed by atoms with Crippen molar-refractivity contribution in [3.63, 3.8) is 0 Å². The molecule has 0 radical (unpaired) electrons. The van der Waals surface area contributed by atoms with Crippen LogP contribution in [0.2, 0.25) is 10.0 Å². The second kappa shape index (κ2) is 6.46. The van der Waals surface area contributed by atoms with E-state index >= 15 is 0 Å². The number of carbonyl (C=O) groups excluding carboxylic acids is 1. The normalized spacial score (nSPS) is 18.0. The number of carboxylic acids is 1. The first-order valence-corrected chi connectivity index (χ1v) is 6.22. The summed E-state index contributed by atoms with van der Waals surface area (Å²) in [4.78, 5) is 24.5. The van der Waals surface area contributed by atoms with Crippen LogP contribution in [0.15, 0.2) is 18.2 Å². The predicted molar refractivity (Wildman–Crippen MR) is 75.4 cm³/mol. The largest absolute Gasteiger partial charge is 0.481 e. The van der Waals surface area contributed by atoms with Crippen molar-refractivity contribution < 1.29 is 14.7 Å². The van der Waals surface area contributed by atoms with Crippen LogP contribution in [-0.4, -0.2) is 35.0 Å². The Morgan fingerprint density at radius 1 is 1.32 bits per heavy atom. The standard InChI is InChI=1S/C12H11Cl2NO3.ClH/c13-8-1-2-9(10(14)5-8)11(16)15-4-3-7(6-15)12(17)18;/h1-2,5,7H,3-4,6H2,(H,17,18);1H. The molecule has 1 fully saturated rings. The molecule has 19 heavy (non-hydrogen) atoms. The molecule has 0 bridgehead atoms. The third-order valence-electron chi connectivity index (χ3n) is 2.99. The van der Waals surface area contributed by atoms with Gasteiger partial charge in [-0.25, -0.2) is 0 Å². The molecule has 1 atom stereocenters. The van der Waals surface area contributed by atoms with E-state index in [0.29, 0.717) is 23.6 Å². The molecule has 0 saturated carbocycles. The van der Waals surface area contributed by atoms with E-state index < -0.39 is 11.9 Å². The maximum absolute atomic E-state index is 12.2. The zero-order valence-electron chi connectivity index (χ0n) is 9.81. The van der Waals surface area contributed by atoms with E-state index in [9.17, 15) is 9.59 Å². The van der Waals surface area contributed by atoms with Gasteiger partial charge in [-0.3, -0.25) is 9.59 Å². The lowest BCUT2D eigenvalue weighted by Crippen LogP contribution is -2.30. The Kier molecular flexibility index (Phi) is 5.47. The maximum atomic E-state index is 12.2. The van der Waals surface area contributed by atoms with E-state index in [4.69, 9.17) is 28.3 Å². The molecule has 104 valence electrons. The molecular formula is C12H12Cl3NO3. The molecule has 4 nitrogen and oxygen atoms in total. The van der Waals surface area contributed by atoms with Crippen molar-refractivity contribution in [3.05, 3.63) is 33.8 Å². The molecule has 1 amide bonds. The van der Waals surface area contributed by atoms with Gasteiger partial charge < -0.3 is 10.0 Å². The van der Waals surface area contributed by atoms with Crippen molar-refractivity contribution in [1.29, 1.82) is 0 Å². The average Bonchev–Trinajstić information content (AvgIpc) is 2.77. The van der Waals surface area contributed by atoms with E-state index in [1.54, 1.807) is 12.1 Å². The molecule has 1 saturated heterocycles. The number of halogens is 3. The number of aliphatic carboxylic acids is 1. The van der Waals surface area contributed by atoms with Crippen LogP contribution in [0.5, 0.6) is 0 Å². The van der Waals surface area contributed by atoms with Crippen LogP contribution in [0, 0.1) is 5.92 Å². The number of likely N-dealkylation sites (tertiary alicyclic amines) is 1. The van der Waals surface area contributed by atoms with E-state index in [1.807, 2.05) is 0 Å². The van der Waals surface area contributed by atoms with Gasteiger partial charge in [0, 0.05) is 18.1 Å². The summed E-state index contributed by atoms with van der Waals surface area (Å²) in [6, 6.07) is 4.65. The lowest BCUT2D eigenvalue weighted by Gasteiger charge is -2.16. The minimum Gasteiger partial charge on any atom is -0.481 e.